The van der Waals surface area contributed by atoms with Crippen molar-refractivity contribution in [2.45, 2.75) is 33.2 Å². The molecule has 0 bridgehead atoms. The molecule has 2 nitrogen and oxygen atoms in total. The number of benzene rings is 1. The van der Waals surface area contributed by atoms with E-state index in [4.69, 9.17) is 0 Å². The minimum Gasteiger partial charge on any atom is -0.372 e. The van der Waals surface area contributed by atoms with E-state index in [1.807, 2.05) is 12.1 Å². The van der Waals surface area contributed by atoms with E-state index in [9.17, 15) is 4.39 Å². The van der Waals surface area contributed by atoms with Crippen molar-refractivity contribution in [2.24, 2.45) is 0 Å². The Labute approximate surface area is 104 Å². The first-order chi connectivity index (χ1) is 8.17. The van der Waals surface area contributed by atoms with Gasteiger partial charge in [0.05, 0.1) is 0 Å². The van der Waals surface area contributed by atoms with Crippen LogP contribution in [0, 0.1) is 5.82 Å². The van der Waals surface area contributed by atoms with Gasteiger partial charge in [0, 0.05) is 24.8 Å². The molecule has 1 N–H and O–H groups in total. The summed E-state index contributed by atoms with van der Waals surface area (Å²) in [4.78, 5) is 2.27. The molecule has 1 atom stereocenters. The predicted molar refractivity (Wildman–Crippen MR) is 72.0 cm³/mol. The van der Waals surface area contributed by atoms with Crippen LogP contribution in [0.25, 0.3) is 0 Å². The van der Waals surface area contributed by atoms with Gasteiger partial charge in [-0.05, 0) is 51.1 Å². The number of halogens is 1. The molecule has 0 amide bonds. The van der Waals surface area contributed by atoms with E-state index >= 15 is 0 Å². The van der Waals surface area contributed by atoms with Gasteiger partial charge in [0.25, 0.3) is 0 Å². The molecule has 0 aliphatic rings. The zero-order chi connectivity index (χ0) is 12.7. The fourth-order valence-electron chi connectivity index (χ4n) is 1.92. The van der Waals surface area contributed by atoms with Crippen LogP contribution in [0.5, 0.6) is 0 Å². The Morgan fingerprint density at radius 1 is 1.24 bits per heavy atom. The van der Waals surface area contributed by atoms with Crippen LogP contribution in [0.1, 0.15) is 27.2 Å². The van der Waals surface area contributed by atoms with Crippen molar-refractivity contribution in [1.82, 2.24) is 5.32 Å². The Kier molecular flexibility index (Phi) is 5.98. The normalized spacial score (nSPS) is 12.5. The first-order valence-electron chi connectivity index (χ1n) is 6.41. The number of anilines is 1. The van der Waals surface area contributed by atoms with Gasteiger partial charge in [-0.3, -0.25) is 0 Å². The van der Waals surface area contributed by atoms with Crippen LogP contribution in [0.2, 0.25) is 0 Å². The summed E-state index contributed by atoms with van der Waals surface area (Å²) in [6, 6.07) is 7.25. The van der Waals surface area contributed by atoms with E-state index in [0.717, 1.165) is 31.7 Å². The molecule has 0 aliphatic heterocycles. The fraction of sp³-hybridized carbons (Fsp3) is 0.571. The second-order valence-corrected chi connectivity index (χ2v) is 4.30. The molecule has 1 aromatic carbocycles. The molecule has 1 aromatic rings. The number of rotatable bonds is 7. The topological polar surface area (TPSA) is 15.3 Å². The van der Waals surface area contributed by atoms with Gasteiger partial charge in [-0.25, -0.2) is 4.39 Å². The average molecular weight is 238 g/mol. The molecule has 0 saturated carbocycles. The maximum atomic E-state index is 12.8. The van der Waals surface area contributed by atoms with E-state index < -0.39 is 0 Å². The molecule has 0 fully saturated rings. The third kappa shape index (κ3) is 4.73. The van der Waals surface area contributed by atoms with Crippen LogP contribution < -0.4 is 10.2 Å². The minimum atomic E-state index is -0.175. The van der Waals surface area contributed by atoms with Crippen molar-refractivity contribution in [1.29, 1.82) is 0 Å². The molecule has 1 unspecified atom stereocenters. The van der Waals surface area contributed by atoms with E-state index in [-0.39, 0.29) is 5.82 Å². The van der Waals surface area contributed by atoms with Crippen molar-refractivity contribution < 1.29 is 4.39 Å². The zero-order valence-electron chi connectivity index (χ0n) is 11.0. The number of hydrogen-bond donors (Lipinski definition) is 1. The molecule has 17 heavy (non-hydrogen) atoms. The van der Waals surface area contributed by atoms with Gasteiger partial charge >= 0.3 is 0 Å². The summed E-state index contributed by atoms with van der Waals surface area (Å²) in [5.74, 6) is -0.175. The third-order valence-corrected chi connectivity index (χ3v) is 2.96. The largest absolute Gasteiger partial charge is 0.372 e. The lowest BCUT2D eigenvalue weighted by molar-refractivity contribution is 0.527. The van der Waals surface area contributed by atoms with Gasteiger partial charge in [-0.15, -0.1) is 0 Å². The molecule has 1 rings (SSSR count). The Bertz CT molecular complexity index is 311. The second kappa shape index (κ2) is 7.28. The SMILES string of the molecule is CCNC(C)CCN(CC)c1ccc(F)cc1. The summed E-state index contributed by atoms with van der Waals surface area (Å²) in [5, 5.41) is 3.40. The van der Waals surface area contributed by atoms with Gasteiger partial charge in [-0.1, -0.05) is 6.92 Å². The van der Waals surface area contributed by atoms with Crippen LogP contribution in [0.3, 0.4) is 0 Å². The van der Waals surface area contributed by atoms with E-state index in [1.165, 1.54) is 12.1 Å². The predicted octanol–water partition coefficient (Wildman–Crippen LogP) is 3.04. The first-order valence-corrected chi connectivity index (χ1v) is 6.41. The number of nitrogens with zero attached hydrogens (tertiary/aromatic N) is 1. The summed E-state index contributed by atoms with van der Waals surface area (Å²) in [6.45, 7) is 9.39. The third-order valence-electron chi connectivity index (χ3n) is 2.96. The van der Waals surface area contributed by atoms with Crippen molar-refractivity contribution in [3.63, 3.8) is 0 Å². The summed E-state index contributed by atoms with van der Waals surface area (Å²) < 4.78 is 12.8. The highest BCUT2D eigenvalue weighted by atomic mass is 19.1. The van der Waals surface area contributed by atoms with Crippen molar-refractivity contribution in [3.05, 3.63) is 30.1 Å². The van der Waals surface area contributed by atoms with Crippen LogP contribution in [0.4, 0.5) is 10.1 Å². The molecule has 0 aromatic heterocycles. The maximum Gasteiger partial charge on any atom is 0.123 e. The molecule has 3 heteroatoms. The van der Waals surface area contributed by atoms with Crippen LogP contribution in [0.15, 0.2) is 24.3 Å². The molecule has 0 aliphatic carbocycles. The van der Waals surface area contributed by atoms with Crippen molar-refractivity contribution in [2.75, 3.05) is 24.5 Å². The minimum absolute atomic E-state index is 0.175. The van der Waals surface area contributed by atoms with Crippen molar-refractivity contribution >= 4 is 5.69 Å². The lowest BCUT2D eigenvalue weighted by Crippen LogP contribution is -2.32. The smallest absolute Gasteiger partial charge is 0.123 e. The van der Waals surface area contributed by atoms with Crippen molar-refractivity contribution in [3.8, 4) is 0 Å². The first kappa shape index (κ1) is 14.0. The van der Waals surface area contributed by atoms with Gasteiger partial charge in [0.15, 0.2) is 0 Å². The van der Waals surface area contributed by atoms with Gasteiger partial charge in [-0.2, -0.15) is 0 Å². The summed E-state index contributed by atoms with van der Waals surface area (Å²) in [6.07, 6.45) is 1.10. The van der Waals surface area contributed by atoms with E-state index in [0.29, 0.717) is 6.04 Å². The van der Waals surface area contributed by atoms with Crippen LogP contribution in [-0.4, -0.2) is 25.7 Å². The molecule has 0 heterocycles. The highest BCUT2D eigenvalue weighted by Gasteiger charge is 2.06. The van der Waals surface area contributed by atoms with Gasteiger partial charge < -0.3 is 10.2 Å². The number of nitrogens with one attached hydrogen (secondary N) is 1. The van der Waals surface area contributed by atoms with Gasteiger partial charge in [0.1, 0.15) is 5.82 Å². The molecule has 0 spiro atoms. The standard InChI is InChI=1S/C14H23FN2/c1-4-16-12(3)10-11-17(5-2)14-8-6-13(15)7-9-14/h6-9,12,16H,4-5,10-11H2,1-3H3. The molecule has 0 saturated heterocycles. The molecule has 0 radical (unpaired) electrons. The Morgan fingerprint density at radius 2 is 1.88 bits per heavy atom. The molecule has 96 valence electrons. The number of hydrogen-bond acceptors (Lipinski definition) is 2. The van der Waals surface area contributed by atoms with E-state index in [1.54, 1.807) is 0 Å². The summed E-state index contributed by atoms with van der Waals surface area (Å²) >= 11 is 0. The Hall–Kier alpha value is -1.09. The zero-order valence-corrected chi connectivity index (χ0v) is 11.0. The molecular weight excluding hydrogens is 215 g/mol. The summed E-state index contributed by atoms with van der Waals surface area (Å²) in [5.41, 5.74) is 1.09. The van der Waals surface area contributed by atoms with Crippen LogP contribution in [-0.2, 0) is 0 Å². The molecular formula is C14H23FN2. The Balaban J connectivity index is 2.51. The van der Waals surface area contributed by atoms with Crippen LogP contribution >= 0.6 is 0 Å². The van der Waals surface area contributed by atoms with Gasteiger partial charge in [0.2, 0.25) is 0 Å². The quantitative estimate of drug-likeness (QED) is 0.785. The monoisotopic (exact) mass is 238 g/mol. The average Bonchev–Trinajstić information content (AvgIpc) is 2.32. The maximum absolute atomic E-state index is 12.8. The second-order valence-electron chi connectivity index (χ2n) is 4.30. The lowest BCUT2D eigenvalue weighted by Gasteiger charge is -2.25. The van der Waals surface area contributed by atoms with E-state index in [2.05, 4.69) is 31.0 Å². The highest BCUT2D eigenvalue weighted by Crippen LogP contribution is 2.15. The highest BCUT2D eigenvalue weighted by molar-refractivity contribution is 5.45. The fourth-order valence-corrected chi connectivity index (χ4v) is 1.92. The Morgan fingerprint density at radius 3 is 2.41 bits per heavy atom. The summed E-state index contributed by atoms with van der Waals surface area (Å²) in [7, 11) is 0. The lowest BCUT2D eigenvalue weighted by atomic mass is 10.2.